The Morgan fingerprint density at radius 1 is 1.07 bits per heavy atom. The van der Waals surface area contributed by atoms with Gasteiger partial charge in [0.25, 0.3) is 5.91 Å². The fourth-order valence-corrected chi connectivity index (χ4v) is 2.88. The topological polar surface area (TPSA) is 88.2 Å². The lowest BCUT2D eigenvalue weighted by Gasteiger charge is -2.11. The van der Waals surface area contributed by atoms with Gasteiger partial charge in [-0.1, -0.05) is 11.6 Å². The highest BCUT2D eigenvalue weighted by Gasteiger charge is 2.13. The van der Waals surface area contributed by atoms with E-state index in [1.54, 1.807) is 30.3 Å². The van der Waals surface area contributed by atoms with Gasteiger partial charge < -0.3 is 20.7 Å². The summed E-state index contributed by atoms with van der Waals surface area (Å²) in [5.41, 5.74) is 2.71. The number of methoxy groups -OCH3 is 1. The quantitative estimate of drug-likeness (QED) is 0.513. The molecular formula is C21H22ClN5O2. The molecule has 0 aliphatic rings. The number of carbonyl (C=O) groups excluding carboxylic acids is 1. The van der Waals surface area contributed by atoms with Gasteiger partial charge in [0, 0.05) is 34.7 Å². The summed E-state index contributed by atoms with van der Waals surface area (Å²) in [6, 6.07) is 14.1. The SMILES string of the molecule is CCNc1nc(C)cc(Nc2ccc(NC(=O)c3cc(Cl)ccc3OC)cc2)n1. The van der Waals surface area contributed by atoms with Gasteiger partial charge in [-0.2, -0.15) is 4.98 Å². The van der Waals surface area contributed by atoms with Crippen LogP contribution in [0.3, 0.4) is 0 Å². The summed E-state index contributed by atoms with van der Waals surface area (Å²) in [5.74, 6) is 1.43. The van der Waals surface area contributed by atoms with Crippen LogP contribution in [0, 0.1) is 6.92 Å². The van der Waals surface area contributed by atoms with Crippen molar-refractivity contribution in [1.29, 1.82) is 0 Å². The minimum absolute atomic E-state index is 0.299. The number of hydrogen-bond donors (Lipinski definition) is 3. The molecule has 29 heavy (non-hydrogen) atoms. The van der Waals surface area contributed by atoms with Gasteiger partial charge in [-0.3, -0.25) is 4.79 Å². The third kappa shape index (κ3) is 5.36. The minimum atomic E-state index is -0.299. The number of hydrogen-bond acceptors (Lipinski definition) is 6. The predicted molar refractivity (Wildman–Crippen MR) is 117 cm³/mol. The Morgan fingerprint density at radius 3 is 2.48 bits per heavy atom. The van der Waals surface area contributed by atoms with Crippen molar-refractivity contribution in [2.45, 2.75) is 13.8 Å². The monoisotopic (exact) mass is 411 g/mol. The molecule has 0 radical (unpaired) electrons. The molecule has 0 atom stereocenters. The van der Waals surface area contributed by atoms with Crippen molar-refractivity contribution in [2.24, 2.45) is 0 Å². The molecule has 3 rings (SSSR count). The van der Waals surface area contributed by atoms with Crippen molar-refractivity contribution in [3.05, 3.63) is 64.8 Å². The van der Waals surface area contributed by atoms with Crippen molar-refractivity contribution >= 4 is 40.6 Å². The summed E-state index contributed by atoms with van der Waals surface area (Å²) < 4.78 is 5.23. The van der Waals surface area contributed by atoms with E-state index in [1.165, 1.54) is 7.11 Å². The second-order valence-electron chi connectivity index (χ2n) is 6.25. The number of nitrogens with one attached hydrogen (secondary N) is 3. The molecule has 3 N–H and O–H groups in total. The molecule has 0 saturated heterocycles. The Kier molecular flexibility index (Phi) is 6.51. The number of aromatic nitrogens is 2. The lowest BCUT2D eigenvalue weighted by Crippen LogP contribution is -2.13. The number of anilines is 4. The van der Waals surface area contributed by atoms with Crippen LogP contribution in [0.4, 0.5) is 23.1 Å². The summed E-state index contributed by atoms with van der Waals surface area (Å²) in [4.78, 5) is 21.3. The molecule has 7 nitrogen and oxygen atoms in total. The first-order valence-electron chi connectivity index (χ1n) is 9.10. The standard InChI is InChI=1S/C21H22ClN5O2/c1-4-23-21-24-13(2)11-19(27-21)25-15-6-8-16(9-7-15)26-20(28)17-12-14(22)5-10-18(17)29-3/h5-12H,4H2,1-3H3,(H,26,28)(H2,23,24,25,27). The Labute approximate surface area is 174 Å². The van der Waals surface area contributed by atoms with E-state index in [-0.39, 0.29) is 5.91 Å². The first kappa shape index (κ1) is 20.4. The van der Waals surface area contributed by atoms with E-state index in [1.807, 2.05) is 32.0 Å². The molecule has 1 amide bonds. The van der Waals surface area contributed by atoms with Crippen LogP contribution in [0.5, 0.6) is 5.75 Å². The first-order valence-corrected chi connectivity index (χ1v) is 9.48. The Morgan fingerprint density at radius 2 is 1.79 bits per heavy atom. The van der Waals surface area contributed by atoms with Gasteiger partial charge in [0.15, 0.2) is 0 Å². The molecule has 0 bridgehead atoms. The van der Waals surface area contributed by atoms with Crippen LogP contribution < -0.4 is 20.7 Å². The fourth-order valence-electron chi connectivity index (χ4n) is 2.71. The minimum Gasteiger partial charge on any atom is -0.496 e. The number of benzene rings is 2. The Hall–Kier alpha value is -3.32. The molecule has 150 valence electrons. The average molecular weight is 412 g/mol. The van der Waals surface area contributed by atoms with Crippen LogP contribution >= 0.6 is 11.6 Å². The van der Waals surface area contributed by atoms with Gasteiger partial charge in [-0.25, -0.2) is 4.98 Å². The van der Waals surface area contributed by atoms with E-state index in [4.69, 9.17) is 16.3 Å². The zero-order valence-corrected chi connectivity index (χ0v) is 17.2. The van der Waals surface area contributed by atoms with Crippen LogP contribution in [0.15, 0.2) is 48.5 Å². The number of halogens is 1. The van der Waals surface area contributed by atoms with Crippen molar-refractivity contribution in [2.75, 3.05) is 29.6 Å². The van der Waals surface area contributed by atoms with Gasteiger partial charge in [0.2, 0.25) is 5.95 Å². The van der Waals surface area contributed by atoms with E-state index in [2.05, 4.69) is 25.9 Å². The highest BCUT2D eigenvalue weighted by molar-refractivity contribution is 6.31. The van der Waals surface area contributed by atoms with Crippen LogP contribution in [0.1, 0.15) is 23.0 Å². The normalized spacial score (nSPS) is 10.3. The maximum absolute atomic E-state index is 12.6. The second-order valence-corrected chi connectivity index (χ2v) is 6.69. The third-order valence-corrected chi connectivity index (χ3v) is 4.25. The van der Waals surface area contributed by atoms with Gasteiger partial charge in [-0.05, 0) is 56.3 Å². The molecule has 0 aliphatic heterocycles. The number of carbonyl (C=O) groups is 1. The van der Waals surface area contributed by atoms with Gasteiger partial charge in [0.1, 0.15) is 11.6 Å². The summed E-state index contributed by atoms with van der Waals surface area (Å²) >= 11 is 6.00. The van der Waals surface area contributed by atoms with Crippen molar-refractivity contribution in [1.82, 2.24) is 9.97 Å². The summed E-state index contributed by atoms with van der Waals surface area (Å²) in [7, 11) is 1.51. The number of rotatable bonds is 7. The predicted octanol–water partition coefficient (Wildman–Crippen LogP) is 4.87. The van der Waals surface area contributed by atoms with Gasteiger partial charge >= 0.3 is 0 Å². The summed E-state index contributed by atoms with van der Waals surface area (Å²) in [6.45, 7) is 4.65. The molecule has 3 aromatic rings. The number of aryl methyl sites for hydroxylation is 1. The lowest BCUT2D eigenvalue weighted by molar-refractivity contribution is 0.102. The lowest BCUT2D eigenvalue weighted by atomic mass is 10.1. The molecule has 2 aromatic carbocycles. The van der Waals surface area contributed by atoms with E-state index < -0.39 is 0 Å². The molecule has 0 fully saturated rings. The highest BCUT2D eigenvalue weighted by atomic mass is 35.5. The fraction of sp³-hybridized carbons (Fsp3) is 0.190. The molecule has 8 heteroatoms. The van der Waals surface area contributed by atoms with E-state index >= 15 is 0 Å². The van der Waals surface area contributed by atoms with Crippen molar-refractivity contribution < 1.29 is 9.53 Å². The molecule has 1 aromatic heterocycles. The molecule has 0 saturated carbocycles. The molecular weight excluding hydrogens is 390 g/mol. The van der Waals surface area contributed by atoms with E-state index in [0.29, 0.717) is 33.8 Å². The maximum Gasteiger partial charge on any atom is 0.259 e. The highest BCUT2D eigenvalue weighted by Crippen LogP contribution is 2.24. The second kappa shape index (κ2) is 9.25. The summed E-state index contributed by atoms with van der Waals surface area (Å²) in [6.07, 6.45) is 0. The number of nitrogens with zero attached hydrogens (tertiary/aromatic N) is 2. The third-order valence-electron chi connectivity index (χ3n) is 4.01. The Balaban J connectivity index is 1.71. The van der Waals surface area contributed by atoms with E-state index in [0.717, 1.165) is 17.9 Å². The molecule has 0 unspecified atom stereocenters. The zero-order chi connectivity index (χ0) is 20.8. The molecule has 1 heterocycles. The Bertz CT molecular complexity index is 1010. The largest absolute Gasteiger partial charge is 0.496 e. The van der Waals surface area contributed by atoms with Crippen LogP contribution in [-0.4, -0.2) is 29.5 Å². The average Bonchev–Trinajstić information content (AvgIpc) is 2.69. The first-order chi connectivity index (χ1) is 14.0. The van der Waals surface area contributed by atoms with Crippen LogP contribution in [-0.2, 0) is 0 Å². The van der Waals surface area contributed by atoms with Crippen LogP contribution in [0.2, 0.25) is 5.02 Å². The van der Waals surface area contributed by atoms with E-state index in [9.17, 15) is 4.79 Å². The smallest absolute Gasteiger partial charge is 0.259 e. The summed E-state index contributed by atoms with van der Waals surface area (Å²) in [5, 5.41) is 9.66. The number of amides is 1. The van der Waals surface area contributed by atoms with Crippen molar-refractivity contribution in [3.8, 4) is 5.75 Å². The van der Waals surface area contributed by atoms with Crippen LogP contribution in [0.25, 0.3) is 0 Å². The number of ether oxygens (including phenoxy) is 1. The zero-order valence-electron chi connectivity index (χ0n) is 16.4. The molecule has 0 spiro atoms. The maximum atomic E-state index is 12.6. The molecule has 0 aliphatic carbocycles. The van der Waals surface area contributed by atoms with Gasteiger partial charge in [0.05, 0.1) is 12.7 Å². The van der Waals surface area contributed by atoms with Gasteiger partial charge in [-0.15, -0.1) is 0 Å². The van der Waals surface area contributed by atoms with Crippen molar-refractivity contribution in [3.63, 3.8) is 0 Å².